The molecular weight excluding hydrogens is 596 g/mol. The quantitative estimate of drug-likeness (QED) is 0.173. The average molecular weight is 631 g/mol. The summed E-state index contributed by atoms with van der Waals surface area (Å²) in [6, 6.07) is 15.4. The average Bonchev–Trinajstić information content (AvgIpc) is 3.36. The highest BCUT2D eigenvalue weighted by molar-refractivity contribution is 7.97. The summed E-state index contributed by atoms with van der Waals surface area (Å²) in [5.41, 5.74) is 5.38. The number of benzene rings is 2. The highest BCUT2D eigenvalue weighted by atomic mass is 35.5. The molecule has 4 heterocycles. The second kappa shape index (κ2) is 12.1. The minimum atomic E-state index is -0.347. The van der Waals surface area contributed by atoms with Crippen molar-refractivity contribution in [1.29, 1.82) is 0 Å². The number of hydrogen-bond donors (Lipinski definition) is 2. The molecule has 228 valence electrons. The molecule has 1 unspecified atom stereocenters. The molecule has 3 aromatic heterocycles. The van der Waals surface area contributed by atoms with E-state index in [1.807, 2.05) is 43.8 Å². The van der Waals surface area contributed by atoms with Crippen molar-refractivity contribution in [3.63, 3.8) is 0 Å². The van der Waals surface area contributed by atoms with Gasteiger partial charge in [-0.3, -0.25) is 23.6 Å². The van der Waals surface area contributed by atoms with Crippen LogP contribution in [0.25, 0.3) is 21.8 Å². The number of aromatic nitrogens is 5. The summed E-state index contributed by atoms with van der Waals surface area (Å²) in [7, 11) is 3.79. The maximum absolute atomic E-state index is 13.7. The second-order valence-electron chi connectivity index (χ2n) is 11.3. The molecule has 5 aromatic rings. The van der Waals surface area contributed by atoms with Gasteiger partial charge in [-0.15, -0.1) is 0 Å². The first-order valence-electron chi connectivity index (χ1n) is 14.6. The van der Waals surface area contributed by atoms with Crippen molar-refractivity contribution in [1.82, 2.24) is 29.0 Å². The third-order valence-electron chi connectivity index (χ3n) is 8.39. The number of piperidine rings is 1. The molecule has 1 saturated heterocycles. The van der Waals surface area contributed by atoms with Gasteiger partial charge in [-0.05, 0) is 56.5 Å². The Bertz CT molecular complexity index is 1950. The Morgan fingerprint density at radius 3 is 2.57 bits per heavy atom. The van der Waals surface area contributed by atoms with Gasteiger partial charge in [0, 0.05) is 50.3 Å². The van der Waals surface area contributed by atoms with Gasteiger partial charge in [-0.2, -0.15) is 5.10 Å². The number of nitrogens with zero attached hydrogens (tertiary/aromatic N) is 6. The van der Waals surface area contributed by atoms with E-state index in [9.17, 15) is 9.59 Å². The molecule has 2 aromatic carbocycles. The van der Waals surface area contributed by atoms with Gasteiger partial charge in [0.15, 0.2) is 5.69 Å². The maximum atomic E-state index is 13.7. The van der Waals surface area contributed by atoms with Crippen molar-refractivity contribution in [2.45, 2.75) is 38.6 Å². The van der Waals surface area contributed by atoms with E-state index in [2.05, 4.69) is 38.1 Å². The number of carbonyl (C=O) groups is 1. The highest BCUT2D eigenvalue weighted by Gasteiger charge is 2.28. The largest absolute Gasteiger partial charge is 0.377 e. The van der Waals surface area contributed by atoms with Crippen LogP contribution >= 0.6 is 23.5 Å². The topological polar surface area (TPSA) is 110 Å². The third kappa shape index (κ3) is 5.50. The van der Waals surface area contributed by atoms with Gasteiger partial charge >= 0.3 is 0 Å². The first-order chi connectivity index (χ1) is 21.2. The van der Waals surface area contributed by atoms with Crippen LogP contribution < -0.4 is 20.5 Å². The smallest absolute Gasteiger partial charge is 0.281 e. The second-order valence-corrected chi connectivity index (χ2v) is 12.3. The molecular formula is C32H35ClN8O2S. The number of anilines is 2. The lowest BCUT2D eigenvalue weighted by molar-refractivity contribution is 0.0980. The number of aryl methyl sites for hydroxylation is 2. The molecule has 1 amide bonds. The van der Waals surface area contributed by atoms with Crippen LogP contribution in [0.2, 0.25) is 5.15 Å². The fraction of sp³-hybridized carbons (Fsp3) is 0.344. The number of pyridine rings is 1. The molecule has 1 aliphatic rings. The molecule has 6 rings (SSSR count). The monoisotopic (exact) mass is 630 g/mol. The molecule has 0 bridgehead atoms. The lowest BCUT2D eigenvalue weighted by atomic mass is 9.92. The number of halogens is 1. The van der Waals surface area contributed by atoms with Crippen LogP contribution in [-0.4, -0.2) is 49.6 Å². The maximum Gasteiger partial charge on any atom is 0.281 e. The molecule has 2 N–H and O–H groups in total. The number of nitrogens with one attached hydrogen (secondary N) is 2. The Morgan fingerprint density at radius 2 is 1.82 bits per heavy atom. The highest BCUT2D eigenvalue weighted by Crippen LogP contribution is 2.34. The van der Waals surface area contributed by atoms with Crippen LogP contribution in [0.4, 0.5) is 11.6 Å². The Hall–Kier alpha value is -4.09. The summed E-state index contributed by atoms with van der Waals surface area (Å²) in [6.07, 6.45) is 3.60. The molecule has 12 heteroatoms. The number of hydrogen-bond acceptors (Lipinski definition) is 8. The van der Waals surface area contributed by atoms with Crippen molar-refractivity contribution in [2.75, 3.05) is 29.6 Å². The summed E-state index contributed by atoms with van der Waals surface area (Å²) in [5.74, 6) is 0.639. The zero-order valence-electron chi connectivity index (χ0n) is 25.4. The third-order valence-corrected chi connectivity index (χ3v) is 8.99. The zero-order valence-corrected chi connectivity index (χ0v) is 27.0. The molecule has 0 saturated carbocycles. The summed E-state index contributed by atoms with van der Waals surface area (Å²) in [6.45, 7) is 5.48. The number of para-hydroxylation sites is 1. The molecule has 0 radical (unpaired) electrons. The van der Waals surface area contributed by atoms with E-state index >= 15 is 0 Å². The first-order valence-corrected chi connectivity index (χ1v) is 16.2. The van der Waals surface area contributed by atoms with Gasteiger partial charge in [0.05, 0.1) is 33.8 Å². The van der Waals surface area contributed by atoms with Crippen molar-refractivity contribution >= 4 is 62.9 Å². The first kappa shape index (κ1) is 30.0. The molecule has 1 aliphatic heterocycles. The van der Waals surface area contributed by atoms with E-state index in [0.717, 1.165) is 48.3 Å². The normalized spacial score (nSPS) is 14.7. The number of carbonyl (C=O) groups excluding carboxylic acids is 1. The van der Waals surface area contributed by atoms with Crippen LogP contribution in [0.1, 0.15) is 59.0 Å². The van der Waals surface area contributed by atoms with Gasteiger partial charge in [0.2, 0.25) is 5.95 Å². The Kier molecular flexibility index (Phi) is 8.26. The lowest BCUT2D eigenvalue weighted by Gasteiger charge is -2.33. The fourth-order valence-electron chi connectivity index (χ4n) is 6.23. The van der Waals surface area contributed by atoms with Crippen LogP contribution in [-0.2, 0) is 14.1 Å². The van der Waals surface area contributed by atoms with E-state index < -0.39 is 0 Å². The van der Waals surface area contributed by atoms with Crippen molar-refractivity contribution in [3.05, 3.63) is 86.6 Å². The molecule has 0 spiro atoms. The zero-order chi connectivity index (χ0) is 31.1. The molecule has 10 nitrogen and oxygen atoms in total. The van der Waals surface area contributed by atoms with E-state index in [1.165, 1.54) is 17.3 Å². The molecule has 1 atom stereocenters. The van der Waals surface area contributed by atoms with Crippen LogP contribution in [0.5, 0.6) is 0 Å². The van der Waals surface area contributed by atoms with Crippen molar-refractivity contribution in [2.24, 2.45) is 14.1 Å². The summed E-state index contributed by atoms with van der Waals surface area (Å²) >= 11 is 7.32. The predicted molar refractivity (Wildman–Crippen MR) is 179 cm³/mol. The van der Waals surface area contributed by atoms with Crippen molar-refractivity contribution in [3.8, 4) is 0 Å². The SMILES string of the molecule is CSNC(=O)c1nc(Cl)ccc1NC(C)c1cc(C)cc2c(=O)n(C)c(N3CCC(c4nn(C)c5ccccc45)CC3)nc12. The molecule has 0 aliphatic carbocycles. The standard InChI is InChI=1S/C32H35ClN8O2S/c1-18-16-22(19(2)34-24-10-11-26(33)35-29(24)30(42)38-44-5)28-23(17-18)31(43)39(3)32(36-28)41-14-12-20(13-15-41)27-21-8-6-7-9-25(21)40(4)37-27/h6-11,16-17,19-20,34H,12-15H2,1-5H3,(H,38,42). The summed E-state index contributed by atoms with van der Waals surface area (Å²) < 4.78 is 6.33. The van der Waals surface area contributed by atoms with Gasteiger partial charge < -0.3 is 10.2 Å². The Morgan fingerprint density at radius 1 is 1.07 bits per heavy atom. The summed E-state index contributed by atoms with van der Waals surface area (Å²) in [5, 5.41) is 10.3. The minimum absolute atomic E-state index is 0.0896. The number of amides is 1. The Balaban J connectivity index is 1.32. The lowest BCUT2D eigenvalue weighted by Crippen LogP contribution is -2.38. The van der Waals surface area contributed by atoms with Gasteiger partial charge in [0.1, 0.15) is 5.15 Å². The van der Waals surface area contributed by atoms with E-state index in [1.54, 1.807) is 30.0 Å². The summed E-state index contributed by atoms with van der Waals surface area (Å²) in [4.78, 5) is 38.1. The van der Waals surface area contributed by atoms with Gasteiger partial charge in [-0.25, -0.2) is 9.97 Å². The van der Waals surface area contributed by atoms with Crippen LogP contribution in [0, 0.1) is 6.92 Å². The van der Waals surface area contributed by atoms with Gasteiger partial charge in [-0.1, -0.05) is 47.8 Å². The molecule has 44 heavy (non-hydrogen) atoms. The number of fused-ring (bicyclic) bond motifs is 2. The molecule has 1 fully saturated rings. The Labute approximate surface area is 265 Å². The number of rotatable bonds is 7. The van der Waals surface area contributed by atoms with Crippen LogP contribution in [0.3, 0.4) is 0 Å². The van der Waals surface area contributed by atoms with Gasteiger partial charge in [0.25, 0.3) is 11.5 Å². The minimum Gasteiger partial charge on any atom is -0.377 e. The van der Waals surface area contributed by atoms with E-state index in [-0.39, 0.29) is 28.4 Å². The van der Waals surface area contributed by atoms with E-state index in [4.69, 9.17) is 21.7 Å². The predicted octanol–water partition coefficient (Wildman–Crippen LogP) is 5.74. The van der Waals surface area contributed by atoms with Crippen LogP contribution in [0.15, 0.2) is 53.3 Å². The van der Waals surface area contributed by atoms with Crippen molar-refractivity contribution < 1.29 is 4.79 Å². The fourth-order valence-corrected chi connectivity index (χ4v) is 6.66. The van der Waals surface area contributed by atoms with E-state index in [0.29, 0.717) is 28.5 Å².